The van der Waals surface area contributed by atoms with E-state index in [1.807, 2.05) is 43.3 Å². The van der Waals surface area contributed by atoms with E-state index in [1.165, 1.54) is 4.68 Å². The normalized spacial score (nSPS) is 10.8. The van der Waals surface area contributed by atoms with Crippen LogP contribution in [0.4, 0.5) is 5.69 Å². The van der Waals surface area contributed by atoms with Crippen molar-refractivity contribution in [2.45, 2.75) is 19.8 Å². The second-order valence-corrected chi connectivity index (χ2v) is 5.56. The minimum Gasteiger partial charge on any atom is -0.469 e. The van der Waals surface area contributed by atoms with Gasteiger partial charge in [0.25, 0.3) is 5.56 Å². The predicted molar refractivity (Wildman–Crippen MR) is 91.4 cm³/mol. The summed E-state index contributed by atoms with van der Waals surface area (Å²) in [6.45, 7) is 1.81. The maximum atomic E-state index is 12.7. The van der Waals surface area contributed by atoms with E-state index < -0.39 is 0 Å². The first-order chi connectivity index (χ1) is 11.6. The van der Waals surface area contributed by atoms with E-state index in [-0.39, 0.29) is 17.9 Å². The highest BCUT2D eigenvalue weighted by molar-refractivity contribution is 5.91. The van der Waals surface area contributed by atoms with Crippen LogP contribution in [0, 0.1) is 6.92 Å². The Morgan fingerprint density at radius 2 is 1.92 bits per heavy atom. The third kappa shape index (κ3) is 3.03. The molecule has 0 saturated heterocycles. The molecule has 0 aliphatic rings. The van der Waals surface area contributed by atoms with Gasteiger partial charge >= 0.3 is 0 Å². The standard InChI is InChI=1S/C18H19N3O3/c1-13-17(19-16(22)11-10-15-9-6-12-24-15)18(23)21(20(13)2)14-7-4-3-5-8-14/h3-9,12H,10-11H2,1-2H3,(H,19,22). The van der Waals surface area contributed by atoms with E-state index in [2.05, 4.69) is 5.32 Å². The van der Waals surface area contributed by atoms with E-state index in [0.29, 0.717) is 17.8 Å². The van der Waals surface area contributed by atoms with Crippen molar-refractivity contribution in [3.8, 4) is 5.69 Å². The Kier molecular flexibility index (Phi) is 4.37. The van der Waals surface area contributed by atoms with Crippen molar-refractivity contribution in [2.75, 3.05) is 5.32 Å². The molecular formula is C18H19N3O3. The average molecular weight is 325 g/mol. The Balaban J connectivity index is 1.81. The summed E-state index contributed by atoms with van der Waals surface area (Å²) in [5.41, 5.74) is 1.53. The lowest BCUT2D eigenvalue weighted by molar-refractivity contribution is -0.116. The third-order valence-electron chi connectivity index (χ3n) is 4.00. The fourth-order valence-electron chi connectivity index (χ4n) is 2.61. The van der Waals surface area contributed by atoms with Crippen LogP contribution in [-0.4, -0.2) is 15.3 Å². The van der Waals surface area contributed by atoms with Crippen molar-refractivity contribution >= 4 is 11.6 Å². The van der Waals surface area contributed by atoms with Gasteiger partial charge in [-0.1, -0.05) is 18.2 Å². The molecule has 124 valence electrons. The molecule has 1 amide bonds. The number of carbonyl (C=O) groups is 1. The number of carbonyl (C=O) groups excluding carboxylic acids is 1. The molecule has 1 N–H and O–H groups in total. The second-order valence-electron chi connectivity index (χ2n) is 5.56. The number of para-hydroxylation sites is 1. The minimum atomic E-state index is -0.243. The number of nitrogens with zero attached hydrogens (tertiary/aromatic N) is 2. The summed E-state index contributed by atoms with van der Waals surface area (Å²) in [4.78, 5) is 24.8. The minimum absolute atomic E-state index is 0.211. The number of rotatable bonds is 5. The van der Waals surface area contributed by atoms with E-state index in [4.69, 9.17) is 4.42 Å². The number of amides is 1. The first kappa shape index (κ1) is 15.9. The van der Waals surface area contributed by atoms with Crippen LogP contribution in [0.5, 0.6) is 0 Å². The van der Waals surface area contributed by atoms with Gasteiger partial charge in [0.2, 0.25) is 5.91 Å². The van der Waals surface area contributed by atoms with Gasteiger partial charge < -0.3 is 9.73 Å². The molecule has 0 saturated carbocycles. The van der Waals surface area contributed by atoms with E-state index in [9.17, 15) is 9.59 Å². The Hall–Kier alpha value is -3.02. The summed E-state index contributed by atoms with van der Waals surface area (Å²) < 4.78 is 8.49. The number of aryl methyl sites for hydroxylation is 1. The van der Waals surface area contributed by atoms with Crippen LogP contribution in [0.3, 0.4) is 0 Å². The van der Waals surface area contributed by atoms with Crippen LogP contribution < -0.4 is 10.9 Å². The average Bonchev–Trinajstić information content (AvgIpc) is 3.17. The fourth-order valence-corrected chi connectivity index (χ4v) is 2.61. The van der Waals surface area contributed by atoms with Gasteiger partial charge in [-0.05, 0) is 31.2 Å². The molecule has 0 radical (unpaired) electrons. The van der Waals surface area contributed by atoms with Crippen LogP contribution in [-0.2, 0) is 18.3 Å². The molecule has 3 rings (SSSR count). The molecule has 24 heavy (non-hydrogen) atoms. The molecule has 6 nitrogen and oxygen atoms in total. The van der Waals surface area contributed by atoms with Crippen LogP contribution in [0.1, 0.15) is 17.9 Å². The molecule has 3 aromatic rings. The Bertz CT molecular complexity index is 890. The molecule has 0 bridgehead atoms. The summed E-state index contributed by atoms with van der Waals surface area (Å²) in [5, 5.41) is 2.74. The smallest absolute Gasteiger partial charge is 0.295 e. The second kappa shape index (κ2) is 6.62. The lowest BCUT2D eigenvalue weighted by Gasteiger charge is -2.07. The summed E-state index contributed by atoms with van der Waals surface area (Å²) in [5.74, 6) is 0.536. The molecular weight excluding hydrogens is 306 g/mol. The van der Waals surface area contributed by atoms with Crippen LogP contribution in [0.2, 0.25) is 0 Å². The maximum Gasteiger partial charge on any atom is 0.295 e. The van der Waals surface area contributed by atoms with Crippen molar-refractivity contribution in [3.63, 3.8) is 0 Å². The molecule has 1 aromatic carbocycles. The third-order valence-corrected chi connectivity index (χ3v) is 4.00. The van der Waals surface area contributed by atoms with Crippen LogP contribution in [0.15, 0.2) is 57.9 Å². The molecule has 6 heteroatoms. The first-order valence-corrected chi connectivity index (χ1v) is 7.74. The molecule has 0 aliphatic heterocycles. The molecule has 0 fully saturated rings. The molecule has 2 heterocycles. The summed E-state index contributed by atoms with van der Waals surface area (Å²) in [7, 11) is 1.79. The summed E-state index contributed by atoms with van der Waals surface area (Å²) in [6.07, 6.45) is 2.33. The number of hydrogen-bond donors (Lipinski definition) is 1. The van der Waals surface area contributed by atoms with Crippen molar-refractivity contribution in [1.82, 2.24) is 9.36 Å². The number of nitrogens with one attached hydrogen (secondary N) is 1. The lowest BCUT2D eigenvalue weighted by atomic mass is 10.2. The van der Waals surface area contributed by atoms with E-state index >= 15 is 0 Å². The van der Waals surface area contributed by atoms with Gasteiger partial charge in [0.15, 0.2) is 0 Å². The van der Waals surface area contributed by atoms with Crippen molar-refractivity contribution < 1.29 is 9.21 Å². The number of anilines is 1. The van der Waals surface area contributed by atoms with E-state index in [0.717, 1.165) is 11.4 Å². The highest BCUT2D eigenvalue weighted by atomic mass is 16.3. The highest BCUT2D eigenvalue weighted by Gasteiger charge is 2.18. The largest absolute Gasteiger partial charge is 0.469 e. The topological polar surface area (TPSA) is 69.2 Å². The first-order valence-electron chi connectivity index (χ1n) is 7.74. The van der Waals surface area contributed by atoms with E-state index in [1.54, 1.807) is 24.1 Å². The zero-order valence-corrected chi connectivity index (χ0v) is 13.7. The SMILES string of the molecule is Cc1c(NC(=O)CCc2ccco2)c(=O)n(-c2ccccc2)n1C. The number of furan rings is 1. The van der Waals surface area contributed by atoms with Crippen LogP contribution >= 0.6 is 0 Å². The Morgan fingerprint density at radius 3 is 2.58 bits per heavy atom. The van der Waals surface area contributed by atoms with Gasteiger partial charge in [0, 0.05) is 19.9 Å². The van der Waals surface area contributed by atoms with Gasteiger partial charge in [-0.3, -0.25) is 14.3 Å². The lowest BCUT2D eigenvalue weighted by Crippen LogP contribution is -2.23. The van der Waals surface area contributed by atoms with Crippen molar-refractivity contribution in [3.05, 3.63) is 70.5 Å². The quantitative estimate of drug-likeness (QED) is 0.784. The molecule has 0 aliphatic carbocycles. The fraction of sp³-hybridized carbons (Fsp3) is 0.222. The number of hydrogen-bond acceptors (Lipinski definition) is 3. The maximum absolute atomic E-state index is 12.7. The van der Waals surface area contributed by atoms with Gasteiger partial charge in [-0.25, -0.2) is 4.68 Å². The highest BCUT2D eigenvalue weighted by Crippen LogP contribution is 2.14. The van der Waals surface area contributed by atoms with Gasteiger partial charge in [0.1, 0.15) is 11.4 Å². The molecule has 2 aromatic heterocycles. The van der Waals surface area contributed by atoms with Gasteiger partial charge in [0.05, 0.1) is 17.6 Å². The number of aromatic nitrogens is 2. The number of benzene rings is 1. The van der Waals surface area contributed by atoms with Crippen molar-refractivity contribution in [1.29, 1.82) is 0 Å². The van der Waals surface area contributed by atoms with Gasteiger partial charge in [-0.2, -0.15) is 0 Å². The summed E-state index contributed by atoms with van der Waals surface area (Å²) in [6, 6.07) is 12.9. The molecule has 0 atom stereocenters. The molecule has 0 unspecified atom stereocenters. The van der Waals surface area contributed by atoms with Gasteiger partial charge in [-0.15, -0.1) is 0 Å². The zero-order valence-electron chi connectivity index (χ0n) is 13.7. The molecule has 0 spiro atoms. The Labute approximate surface area is 139 Å². The predicted octanol–water partition coefficient (Wildman–Crippen LogP) is 2.65. The summed E-state index contributed by atoms with van der Waals surface area (Å²) >= 11 is 0. The Morgan fingerprint density at radius 1 is 1.17 bits per heavy atom. The van der Waals surface area contributed by atoms with Crippen LogP contribution in [0.25, 0.3) is 5.69 Å². The van der Waals surface area contributed by atoms with Crippen molar-refractivity contribution in [2.24, 2.45) is 7.05 Å². The monoisotopic (exact) mass is 325 g/mol. The zero-order chi connectivity index (χ0) is 17.1.